The van der Waals surface area contributed by atoms with Gasteiger partial charge in [-0.15, -0.1) is 0 Å². The van der Waals surface area contributed by atoms with E-state index in [0.717, 1.165) is 84.2 Å². The quantitative estimate of drug-likeness (QED) is 0.698. The lowest BCUT2D eigenvalue weighted by Crippen LogP contribution is -2.36. The third-order valence-corrected chi connectivity index (χ3v) is 5.94. The molecule has 6 nitrogen and oxygen atoms in total. The second-order valence-corrected chi connectivity index (χ2v) is 7.96. The predicted molar refractivity (Wildman–Crippen MR) is 104 cm³/mol. The van der Waals surface area contributed by atoms with Crippen LogP contribution in [0.25, 0.3) is 0 Å². The molecule has 27 heavy (non-hydrogen) atoms. The zero-order valence-corrected chi connectivity index (χ0v) is 16.1. The van der Waals surface area contributed by atoms with Crippen LogP contribution in [0.3, 0.4) is 0 Å². The van der Waals surface area contributed by atoms with Crippen LogP contribution in [0.1, 0.15) is 18.4 Å². The molecule has 0 radical (unpaired) electrons. The molecule has 1 aromatic carbocycles. The number of morpholine rings is 1. The van der Waals surface area contributed by atoms with Crippen molar-refractivity contribution in [1.29, 1.82) is 0 Å². The minimum absolute atomic E-state index is 0.191. The molecule has 3 aliphatic rings. The van der Waals surface area contributed by atoms with Gasteiger partial charge in [0.1, 0.15) is 5.75 Å². The van der Waals surface area contributed by atoms with E-state index in [2.05, 4.69) is 33.3 Å². The van der Waals surface area contributed by atoms with Gasteiger partial charge in [0.05, 0.1) is 25.7 Å². The highest BCUT2D eigenvalue weighted by atomic mass is 16.5. The van der Waals surface area contributed by atoms with E-state index in [1.807, 2.05) is 6.07 Å². The molecule has 3 heterocycles. The van der Waals surface area contributed by atoms with Crippen LogP contribution in [-0.4, -0.2) is 74.8 Å². The van der Waals surface area contributed by atoms with Crippen molar-refractivity contribution < 1.29 is 14.3 Å². The van der Waals surface area contributed by atoms with Crippen LogP contribution in [0.5, 0.6) is 5.75 Å². The number of nitrogens with zero attached hydrogens (tertiary/aromatic N) is 2. The average molecular weight is 373 g/mol. The number of amides is 1. The van der Waals surface area contributed by atoms with Gasteiger partial charge in [0, 0.05) is 45.2 Å². The van der Waals surface area contributed by atoms with Gasteiger partial charge in [-0.1, -0.05) is 12.1 Å². The number of hydrogen-bond acceptors (Lipinski definition) is 5. The maximum atomic E-state index is 11.8. The Balaban J connectivity index is 1.17. The second-order valence-electron chi connectivity index (χ2n) is 7.96. The molecule has 148 valence electrons. The van der Waals surface area contributed by atoms with Crippen molar-refractivity contribution in [3.63, 3.8) is 0 Å². The molecular weight excluding hydrogens is 342 g/mol. The number of carbonyl (C=O) groups is 1. The molecule has 1 amide bonds. The van der Waals surface area contributed by atoms with Gasteiger partial charge in [-0.25, -0.2) is 0 Å². The number of likely N-dealkylation sites (tertiary alicyclic amines) is 1. The van der Waals surface area contributed by atoms with E-state index < -0.39 is 0 Å². The fourth-order valence-corrected chi connectivity index (χ4v) is 4.40. The molecule has 0 bridgehead atoms. The zero-order chi connectivity index (χ0) is 18.5. The number of carbonyl (C=O) groups excluding carboxylic acids is 1. The van der Waals surface area contributed by atoms with Gasteiger partial charge < -0.3 is 14.8 Å². The Morgan fingerprint density at radius 2 is 2.04 bits per heavy atom. The third kappa shape index (κ3) is 5.00. The van der Waals surface area contributed by atoms with E-state index in [0.29, 0.717) is 5.92 Å². The number of unbranched alkanes of at least 4 members (excludes halogenated alkanes) is 1. The van der Waals surface area contributed by atoms with E-state index in [1.54, 1.807) is 0 Å². The normalized spacial score (nSPS) is 26.1. The third-order valence-electron chi connectivity index (χ3n) is 5.94. The molecule has 4 rings (SSSR count). The van der Waals surface area contributed by atoms with Crippen LogP contribution in [0.4, 0.5) is 0 Å². The molecule has 6 heteroatoms. The zero-order valence-electron chi connectivity index (χ0n) is 16.1. The Hall–Kier alpha value is -1.63. The Labute approximate surface area is 161 Å². The molecule has 0 spiro atoms. The lowest BCUT2D eigenvalue weighted by Gasteiger charge is -2.26. The summed E-state index contributed by atoms with van der Waals surface area (Å²) in [6, 6.07) is 8.41. The summed E-state index contributed by atoms with van der Waals surface area (Å²) in [5.74, 6) is 1.87. The Bertz CT molecular complexity index is 633. The van der Waals surface area contributed by atoms with E-state index in [4.69, 9.17) is 9.47 Å². The summed E-state index contributed by atoms with van der Waals surface area (Å²) in [5, 5.41) is 2.97. The Kier molecular flexibility index (Phi) is 6.27. The molecule has 0 aliphatic carbocycles. The van der Waals surface area contributed by atoms with Crippen molar-refractivity contribution in [2.75, 3.05) is 59.1 Å². The van der Waals surface area contributed by atoms with Crippen LogP contribution in [0.2, 0.25) is 0 Å². The minimum atomic E-state index is 0.191. The largest absolute Gasteiger partial charge is 0.494 e. The number of benzene rings is 1. The highest BCUT2D eigenvalue weighted by Crippen LogP contribution is 2.28. The molecule has 1 aromatic rings. The molecule has 0 unspecified atom stereocenters. The number of hydrogen-bond donors (Lipinski definition) is 1. The smallest absolute Gasteiger partial charge is 0.224 e. The maximum absolute atomic E-state index is 11.8. The van der Waals surface area contributed by atoms with Crippen LogP contribution >= 0.6 is 0 Å². The summed E-state index contributed by atoms with van der Waals surface area (Å²) in [5.41, 5.74) is 1.26. The molecule has 0 aromatic heterocycles. The van der Waals surface area contributed by atoms with Crippen molar-refractivity contribution in [3.05, 3.63) is 29.8 Å². The topological polar surface area (TPSA) is 54.0 Å². The van der Waals surface area contributed by atoms with Crippen molar-refractivity contribution in [1.82, 2.24) is 15.1 Å². The molecule has 3 fully saturated rings. The van der Waals surface area contributed by atoms with Crippen LogP contribution in [-0.2, 0) is 16.1 Å². The van der Waals surface area contributed by atoms with E-state index in [-0.39, 0.29) is 11.8 Å². The highest BCUT2D eigenvalue weighted by Gasteiger charge is 2.41. The predicted octanol–water partition coefficient (Wildman–Crippen LogP) is 1.36. The summed E-state index contributed by atoms with van der Waals surface area (Å²) in [6.45, 7) is 9.38. The first-order valence-electron chi connectivity index (χ1n) is 10.3. The summed E-state index contributed by atoms with van der Waals surface area (Å²) < 4.78 is 11.3. The first kappa shape index (κ1) is 18.7. The first-order valence-corrected chi connectivity index (χ1v) is 10.3. The number of ether oxygens (including phenoxy) is 2. The van der Waals surface area contributed by atoms with Gasteiger partial charge >= 0.3 is 0 Å². The molecule has 3 saturated heterocycles. The van der Waals surface area contributed by atoms with Gasteiger partial charge in [-0.2, -0.15) is 0 Å². The molecule has 1 N–H and O–H groups in total. The van der Waals surface area contributed by atoms with Crippen LogP contribution in [0, 0.1) is 11.8 Å². The fraction of sp³-hybridized carbons (Fsp3) is 0.667. The minimum Gasteiger partial charge on any atom is -0.494 e. The van der Waals surface area contributed by atoms with E-state index in [1.165, 1.54) is 5.56 Å². The fourth-order valence-electron chi connectivity index (χ4n) is 4.40. The molecule has 2 atom stereocenters. The van der Waals surface area contributed by atoms with Gasteiger partial charge in [-0.3, -0.25) is 14.6 Å². The average Bonchev–Trinajstić information content (AvgIpc) is 3.24. The summed E-state index contributed by atoms with van der Waals surface area (Å²) in [4.78, 5) is 16.7. The first-order chi connectivity index (χ1) is 13.3. The lowest BCUT2D eigenvalue weighted by molar-refractivity contribution is -0.122. The second kappa shape index (κ2) is 9.04. The summed E-state index contributed by atoms with van der Waals surface area (Å²) >= 11 is 0. The number of rotatable bonds is 8. The van der Waals surface area contributed by atoms with Gasteiger partial charge in [0.2, 0.25) is 5.91 Å². The number of fused-ring (bicyclic) bond motifs is 1. The molecule has 3 aliphatic heterocycles. The van der Waals surface area contributed by atoms with Gasteiger partial charge in [0.15, 0.2) is 0 Å². The van der Waals surface area contributed by atoms with Crippen LogP contribution < -0.4 is 10.1 Å². The van der Waals surface area contributed by atoms with Gasteiger partial charge in [0.25, 0.3) is 0 Å². The SMILES string of the molecule is O=C1NC[C@H]2CN(Cc3cccc(OCCCCN4CCOCC4)c3)C[C@@H]12. The van der Waals surface area contributed by atoms with Crippen molar-refractivity contribution >= 4 is 5.91 Å². The summed E-state index contributed by atoms with van der Waals surface area (Å²) in [7, 11) is 0. The van der Waals surface area contributed by atoms with Crippen molar-refractivity contribution in [2.45, 2.75) is 19.4 Å². The van der Waals surface area contributed by atoms with E-state index >= 15 is 0 Å². The monoisotopic (exact) mass is 373 g/mol. The van der Waals surface area contributed by atoms with Crippen LogP contribution in [0.15, 0.2) is 24.3 Å². The standard InChI is InChI=1S/C21H31N3O3/c25-21-20-16-24(15-18(20)13-22-21)14-17-4-3-5-19(12-17)27-9-2-1-6-23-7-10-26-11-8-23/h3-5,12,18,20H,1-2,6-11,13-16H2,(H,22,25)/t18-,20+/m0/s1. The van der Waals surface area contributed by atoms with Crippen molar-refractivity contribution in [2.24, 2.45) is 11.8 Å². The molecule has 0 saturated carbocycles. The lowest BCUT2D eigenvalue weighted by atomic mass is 10.0. The molecular formula is C21H31N3O3. The van der Waals surface area contributed by atoms with Gasteiger partial charge in [-0.05, 0) is 37.1 Å². The Morgan fingerprint density at radius 3 is 2.89 bits per heavy atom. The van der Waals surface area contributed by atoms with Crippen molar-refractivity contribution in [3.8, 4) is 5.75 Å². The Morgan fingerprint density at radius 1 is 1.15 bits per heavy atom. The van der Waals surface area contributed by atoms with E-state index in [9.17, 15) is 4.79 Å². The number of nitrogens with one attached hydrogen (secondary N) is 1. The highest BCUT2D eigenvalue weighted by molar-refractivity contribution is 5.81. The maximum Gasteiger partial charge on any atom is 0.224 e. The summed E-state index contributed by atoms with van der Waals surface area (Å²) in [6.07, 6.45) is 2.24.